The van der Waals surface area contributed by atoms with E-state index in [0.29, 0.717) is 29.8 Å². The zero-order valence-electron chi connectivity index (χ0n) is 13.6. The average Bonchev–Trinajstić information content (AvgIpc) is 2.55. The van der Waals surface area contributed by atoms with Crippen molar-refractivity contribution in [2.45, 2.75) is 38.6 Å². The van der Waals surface area contributed by atoms with Crippen LogP contribution in [0.5, 0.6) is 5.75 Å². The fourth-order valence-corrected chi connectivity index (χ4v) is 3.01. The first-order valence-electron chi connectivity index (χ1n) is 8.10. The predicted molar refractivity (Wildman–Crippen MR) is 96.7 cm³/mol. The number of amides is 1. The molecule has 0 radical (unpaired) electrons. The van der Waals surface area contributed by atoms with Crippen molar-refractivity contribution in [2.75, 3.05) is 26.2 Å². The maximum Gasteiger partial charge on any atom is 0.226 e. The molecule has 2 rings (SSSR count). The molecule has 0 aliphatic carbocycles. The summed E-state index contributed by atoms with van der Waals surface area (Å²) in [5.41, 5.74) is 0. The first-order chi connectivity index (χ1) is 10.7. The van der Waals surface area contributed by atoms with Crippen molar-refractivity contribution in [1.29, 1.82) is 0 Å². The Balaban J connectivity index is 0.00000264. The monoisotopic (exact) mass is 360 g/mol. The van der Waals surface area contributed by atoms with Crippen LogP contribution in [0, 0.1) is 0 Å². The van der Waals surface area contributed by atoms with E-state index in [-0.39, 0.29) is 18.3 Å². The van der Waals surface area contributed by atoms with Gasteiger partial charge in [0.25, 0.3) is 0 Å². The molecule has 1 aromatic carbocycles. The number of benzene rings is 1. The highest BCUT2D eigenvalue weighted by Crippen LogP contribution is 2.23. The van der Waals surface area contributed by atoms with Gasteiger partial charge in [-0.1, -0.05) is 30.7 Å². The van der Waals surface area contributed by atoms with Crippen LogP contribution < -0.4 is 10.1 Å². The van der Waals surface area contributed by atoms with Gasteiger partial charge in [-0.3, -0.25) is 4.79 Å². The van der Waals surface area contributed by atoms with Crippen LogP contribution in [0.3, 0.4) is 0 Å². The van der Waals surface area contributed by atoms with Gasteiger partial charge in [0.05, 0.1) is 18.1 Å². The van der Waals surface area contributed by atoms with Gasteiger partial charge in [0, 0.05) is 12.6 Å². The van der Waals surface area contributed by atoms with E-state index < -0.39 is 0 Å². The molecule has 6 heteroatoms. The van der Waals surface area contributed by atoms with E-state index in [4.69, 9.17) is 16.3 Å². The van der Waals surface area contributed by atoms with E-state index in [2.05, 4.69) is 12.2 Å². The molecule has 0 bridgehead atoms. The molecule has 1 aromatic rings. The Morgan fingerprint density at radius 1 is 1.35 bits per heavy atom. The molecule has 1 amide bonds. The highest BCUT2D eigenvalue weighted by molar-refractivity contribution is 6.32. The van der Waals surface area contributed by atoms with Crippen molar-refractivity contribution in [2.24, 2.45) is 0 Å². The topological polar surface area (TPSA) is 41.6 Å². The number of halogens is 2. The quantitative estimate of drug-likeness (QED) is 0.808. The van der Waals surface area contributed by atoms with Gasteiger partial charge < -0.3 is 15.0 Å². The summed E-state index contributed by atoms with van der Waals surface area (Å²) >= 11 is 6.05. The van der Waals surface area contributed by atoms with Gasteiger partial charge in [0.2, 0.25) is 5.91 Å². The van der Waals surface area contributed by atoms with E-state index in [0.717, 1.165) is 38.9 Å². The number of nitrogens with one attached hydrogen (secondary N) is 1. The molecular weight excluding hydrogens is 335 g/mol. The molecular formula is C17H26Cl2N2O2. The van der Waals surface area contributed by atoms with E-state index in [1.165, 1.54) is 0 Å². The second-order valence-electron chi connectivity index (χ2n) is 5.60. The zero-order chi connectivity index (χ0) is 15.8. The first kappa shape index (κ1) is 20.1. The van der Waals surface area contributed by atoms with Crippen molar-refractivity contribution < 1.29 is 9.53 Å². The molecule has 1 saturated heterocycles. The van der Waals surface area contributed by atoms with E-state index in [1.807, 2.05) is 23.1 Å². The molecule has 130 valence electrons. The van der Waals surface area contributed by atoms with Gasteiger partial charge in [0.15, 0.2) is 0 Å². The Morgan fingerprint density at radius 2 is 2.04 bits per heavy atom. The number of hydrogen-bond donors (Lipinski definition) is 1. The molecule has 0 spiro atoms. The Kier molecular flexibility index (Phi) is 9.37. The Bertz CT molecular complexity index is 479. The molecule has 1 fully saturated rings. The number of hydrogen-bond acceptors (Lipinski definition) is 3. The molecule has 0 saturated carbocycles. The third-order valence-electron chi connectivity index (χ3n) is 3.94. The third-order valence-corrected chi connectivity index (χ3v) is 4.26. The summed E-state index contributed by atoms with van der Waals surface area (Å²) in [7, 11) is 0. The highest BCUT2D eigenvalue weighted by Gasteiger charge is 2.24. The lowest BCUT2D eigenvalue weighted by Crippen LogP contribution is -2.46. The lowest BCUT2D eigenvalue weighted by atomic mass is 10.0. The number of carbonyl (C=O) groups is 1. The van der Waals surface area contributed by atoms with Crippen LogP contribution in [0.15, 0.2) is 24.3 Å². The molecule has 23 heavy (non-hydrogen) atoms. The summed E-state index contributed by atoms with van der Waals surface area (Å²) in [5, 5.41) is 3.93. The lowest BCUT2D eigenvalue weighted by Gasteiger charge is -2.34. The van der Waals surface area contributed by atoms with Gasteiger partial charge in [-0.25, -0.2) is 0 Å². The van der Waals surface area contributed by atoms with Crippen LogP contribution in [-0.4, -0.2) is 43.1 Å². The van der Waals surface area contributed by atoms with Gasteiger partial charge in [-0.15, -0.1) is 12.4 Å². The van der Waals surface area contributed by atoms with E-state index in [1.54, 1.807) is 6.07 Å². The number of nitrogens with zero attached hydrogens (tertiary/aromatic N) is 1. The number of ether oxygens (including phenoxy) is 1. The molecule has 1 aliphatic heterocycles. The summed E-state index contributed by atoms with van der Waals surface area (Å²) in [5.74, 6) is 0.821. The van der Waals surface area contributed by atoms with Crippen molar-refractivity contribution in [1.82, 2.24) is 10.2 Å². The minimum absolute atomic E-state index is 0. The van der Waals surface area contributed by atoms with E-state index in [9.17, 15) is 4.79 Å². The fourth-order valence-electron chi connectivity index (χ4n) is 2.82. The number of carbonyl (C=O) groups excluding carboxylic acids is 1. The van der Waals surface area contributed by atoms with Gasteiger partial charge in [-0.2, -0.15) is 0 Å². The van der Waals surface area contributed by atoms with Crippen molar-refractivity contribution >= 4 is 29.9 Å². The zero-order valence-corrected chi connectivity index (χ0v) is 15.2. The average molecular weight is 361 g/mol. The van der Waals surface area contributed by atoms with Crippen molar-refractivity contribution in [3.05, 3.63) is 29.3 Å². The molecule has 1 N–H and O–H groups in total. The number of piperidine rings is 1. The minimum Gasteiger partial charge on any atom is -0.491 e. The maximum atomic E-state index is 12.5. The molecule has 0 atom stereocenters. The summed E-state index contributed by atoms with van der Waals surface area (Å²) in [6.07, 6.45) is 3.46. The molecule has 1 aliphatic rings. The third kappa shape index (κ3) is 6.21. The van der Waals surface area contributed by atoms with Crippen LogP contribution in [0.2, 0.25) is 5.02 Å². The van der Waals surface area contributed by atoms with Gasteiger partial charge >= 0.3 is 0 Å². The van der Waals surface area contributed by atoms with Crippen LogP contribution in [-0.2, 0) is 4.79 Å². The Labute approximate surface area is 149 Å². The van der Waals surface area contributed by atoms with Crippen LogP contribution in [0.1, 0.15) is 32.6 Å². The second kappa shape index (κ2) is 10.7. The second-order valence-corrected chi connectivity index (χ2v) is 6.00. The summed E-state index contributed by atoms with van der Waals surface area (Å²) in [6.45, 7) is 5.30. The standard InChI is InChI=1S/C17H25ClN2O2.ClH/c1-2-12-20(14-7-10-19-11-8-14)17(21)9-13-22-16-6-4-3-5-15(16)18;/h3-6,14,19H,2,7-13H2,1H3;1H. The van der Waals surface area contributed by atoms with Crippen molar-refractivity contribution in [3.8, 4) is 5.75 Å². The largest absolute Gasteiger partial charge is 0.491 e. The normalized spacial score (nSPS) is 14.9. The smallest absolute Gasteiger partial charge is 0.226 e. The van der Waals surface area contributed by atoms with Gasteiger partial charge in [-0.05, 0) is 44.5 Å². The van der Waals surface area contributed by atoms with Crippen molar-refractivity contribution in [3.63, 3.8) is 0 Å². The molecule has 1 heterocycles. The molecule has 0 aromatic heterocycles. The Morgan fingerprint density at radius 3 is 2.70 bits per heavy atom. The van der Waals surface area contributed by atoms with Crippen LogP contribution >= 0.6 is 24.0 Å². The first-order valence-corrected chi connectivity index (χ1v) is 8.47. The predicted octanol–water partition coefficient (Wildman–Crippen LogP) is 3.52. The highest BCUT2D eigenvalue weighted by atomic mass is 35.5. The number of rotatable bonds is 7. The Hall–Kier alpha value is -0.970. The van der Waals surface area contributed by atoms with Crippen LogP contribution in [0.4, 0.5) is 0 Å². The summed E-state index contributed by atoms with van der Waals surface area (Å²) < 4.78 is 5.63. The fraction of sp³-hybridized carbons (Fsp3) is 0.588. The SMILES string of the molecule is CCCN(C(=O)CCOc1ccccc1Cl)C1CCNCC1.Cl. The van der Waals surface area contributed by atoms with Gasteiger partial charge in [0.1, 0.15) is 5.75 Å². The lowest BCUT2D eigenvalue weighted by molar-refractivity contribution is -0.134. The summed E-state index contributed by atoms with van der Waals surface area (Å²) in [4.78, 5) is 14.5. The number of para-hydroxylation sites is 1. The maximum absolute atomic E-state index is 12.5. The summed E-state index contributed by atoms with van der Waals surface area (Å²) in [6, 6.07) is 7.72. The van der Waals surface area contributed by atoms with Crippen LogP contribution in [0.25, 0.3) is 0 Å². The van der Waals surface area contributed by atoms with E-state index >= 15 is 0 Å². The minimum atomic E-state index is 0. The molecule has 0 unspecified atom stereocenters. The molecule has 4 nitrogen and oxygen atoms in total.